The summed E-state index contributed by atoms with van der Waals surface area (Å²) in [6.45, 7) is 6.15. The Labute approximate surface area is 161 Å². The summed E-state index contributed by atoms with van der Waals surface area (Å²) in [6, 6.07) is 2.99. The van der Waals surface area contributed by atoms with E-state index < -0.39 is 36.3 Å². The molecule has 2 aromatic rings. The van der Waals surface area contributed by atoms with Gasteiger partial charge in [0.15, 0.2) is 11.9 Å². The highest BCUT2D eigenvalue weighted by Crippen LogP contribution is 2.21. The number of aryl methyl sites for hydroxylation is 1. The third-order valence-electron chi connectivity index (χ3n) is 3.98. The Morgan fingerprint density at radius 2 is 1.96 bits per heavy atom. The van der Waals surface area contributed by atoms with Crippen molar-refractivity contribution in [3.63, 3.8) is 0 Å². The van der Waals surface area contributed by atoms with Crippen LogP contribution in [-0.4, -0.2) is 47.9 Å². The van der Waals surface area contributed by atoms with Crippen LogP contribution in [0.25, 0.3) is 0 Å². The average molecular weight is 390 g/mol. The van der Waals surface area contributed by atoms with E-state index in [0.717, 1.165) is 0 Å². The van der Waals surface area contributed by atoms with Crippen LogP contribution < -0.4 is 5.32 Å². The maximum atomic E-state index is 12.6. The summed E-state index contributed by atoms with van der Waals surface area (Å²) in [5.74, 6) is -2.33. The second-order valence-electron chi connectivity index (χ2n) is 6.00. The molecule has 0 aromatic carbocycles. The van der Waals surface area contributed by atoms with Crippen molar-refractivity contribution in [2.45, 2.75) is 33.8 Å². The third kappa shape index (κ3) is 4.67. The highest BCUT2D eigenvalue weighted by atomic mass is 16.5. The third-order valence-corrected chi connectivity index (χ3v) is 3.98. The predicted molar refractivity (Wildman–Crippen MR) is 97.1 cm³/mol. The molecule has 28 heavy (non-hydrogen) atoms. The molecule has 0 radical (unpaired) electrons. The molecule has 2 heterocycles. The van der Waals surface area contributed by atoms with Crippen molar-refractivity contribution in [1.29, 1.82) is 0 Å². The molecule has 2 N–H and O–H groups in total. The minimum atomic E-state index is -1.11. The van der Waals surface area contributed by atoms with Crippen molar-refractivity contribution in [3.8, 4) is 0 Å². The van der Waals surface area contributed by atoms with Gasteiger partial charge in [-0.05, 0) is 45.4 Å². The van der Waals surface area contributed by atoms with Gasteiger partial charge in [-0.25, -0.2) is 4.79 Å². The number of amides is 1. The number of ether oxygens (including phenoxy) is 2. The summed E-state index contributed by atoms with van der Waals surface area (Å²) in [6.07, 6.45) is 0.221. The number of carbonyl (C=O) groups is 4. The Hall–Kier alpha value is -3.36. The zero-order chi connectivity index (χ0) is 20.8. The maximum absolute atomic E-state index is 12.6. The van der Waals surface area contributed by atoms with Gasteiger partial charge in [0.25, 0.3) is 5.91 Å². The predicted octanol–water partition coefficient (Wildman–Crippen LogP) is 1.95. The summed E-state index contributed by atoms with van der Waals surface area (Å²) in [5.41, 5.74) is 1.37. The molecule has 1 atom stereocenters. The number of esters is 2. The van der Waals surface area contributed by atoms with Crippen LogP contribution in [0, 0.1) is 13.8 Å². The first kappa shape index (κ1) is 20.9. The monoisotopic (exact) mass is 390 g/mol. The zero-order valence-electron chi connectivity index (χ0n) is 16.1. The lowest BCUT2D eigenvalue weighted by Gasteiger charge is -2.12. The molecule has 0 aliphatic rings. The van der Waals surface area contributed by atoms with Gasteiger partial charge < -0.3 is 24.2 Å². The molecule has 0 bridgehead atoms. The van der Waals surface area contributed by atoms with E-state index in [0.29, 0.717) is 11.3 Å². The number of H-pyrrole nitrogens is 1. The van der Waals surface area contributed by atoms with Crippen molar-refractivity contribution in [2.75, 3.05) is 13.2 Å². The molecule has 0 saturated heterocycles. The van der Waals surface area contributed by atoms with E-state index in [2.05, 4.69) is 10.3 Å². The Morgan fingerprint density at radius 3 is 2.57 bits per heavy atom. The first-order chi connectivity index (χ1) is 13.3. The largest absolute Gasteiger partial charge is 0.462 e. The van der Waals surface area contributed by atoms with Gasteiger partial charge in [0.05, 0.1) is 24.1 Å². The summed E-state index contributed by atoms with van der Waals surface area (Å²) in [7, 11) is 0. The molecule has 150 valence electrons. The minimum absolute atomic E-state index is 0.0564. The van der Waals surface area contributed by atoms with Crippen molar-refractivity contribution in [1.82, 2.24) is 10.3 Å². The van der Waals surface area contributed by atoms with Gasteiger partial charge in [0.2, 0.25) is 5.78 Å². The fourth-order valence-corrected chi connectivity index (χ4v) is 2.65. The molecular formula is C19H22N2O7. The van der Waals surface area contributed by atoms with E-state index >= 15 is 0 Å². The lowest BCUT2D eigenvalue weighted by Crippen LogP contribution is -2.34. The topological polar surface area (TPSA) is 128 Å². The van der Waals surface area contributed by atoms with E-state index in [1.165, 1.54) is 19.3 Å². The quantitative estimate of drug-likeness (QED) is 0.521. The Kier molecular flexibility index (Phi) is 6.75. The summed E-state index contributed by atoms with van der Waals surface area (Å²) in [4.78, 5) is 51.1. The molecule has 2 rings (SSSR count). The SMILES string of the molecule is CCOC(=O)c1c(C)[nH]c(C(=O)[C@@H](C)OC(=O)CNC(=O)c2ccco2)c1C. The highest BCUT2D eigenvalue weighted by Gasteiger charge is 2.27. The number of carbonyl (C=O) groups excluding carboxylic acids is 4. The van der Waals surface area contributed by atoms with Crippen molar-refractivity contribution in [2.24, 2.45) is 0 Å². The smallest absolute Gasteiger partial charge is 0.340 e. The van der Waals surface area contributed by atoms with Crippen molar-refractivity contribution < 1.29 is 33.1 Å². The number of Topliss-reactive ketones (excluding diaryl/α,β-unsaturated/α-hetero) is 1. The first-order valence-electron chi connectivity index (χ1n) is 8.67. The molecule has 0 fully saturated rings. The van der Waals surface area contributed by atoms with Gasteiger partial charge >= 0.3 is 11.9 Å². The normalized spacial score (nSPS) is 11.6. The minimum Gasteiger partial charge on any atom is -0.462 e. The molecule has 0 saturated carbocycles. The summed E-state index contributed by atoms with van der Waals surface area (Å²) in [5, 5.41) is 2.33. The molecule has 2 aromatic heterocycles. The number of aromatic amines is 1. The van der Waals surface area contributed by atoms with E-state index in [1.807, 2.05) is 0 Å². The zero-order valence-corrected chi connectivity index (χ0v) is 16.1. The first-order valence-corrected chi connectivity index (χ1v) is 8.67. The molecular weight excluding hydrogens is 368 g/mol. The fourth-order valence-electron chi connectivity index (χ4n) is 2.65. The lowest BCUT2D eigenvalue weighted by atomic mass is 10.1. The van der Waals surface area contributed by atoms with Crippen molar-refractivity contribution >= 4 is 23.6 Å². The molecule has 0 aliphatic heterocycles. The summed E-state index contributed by atoms with van der Waals surface area (Å²) < 4.78 is 15.0. The van der Waals surface area contributed by atoms with Gasteiger partial charge in [0, 0.05) is 5.69 Å². The number of furan rings is 1. The number of rotatable bonds is 8. The van der Waals surface area contributed by atoms with Crippen LogP contribution in [0.15, 0.2) is 22.8 Å². The number of ketones is 1. The van der Waals surface area contributed by atoms with Gasteiger partial charge in [-0.2, -0.15) is 0 Å². The van der Waals surface area contributed by atoms with E-state index in [9.17, 15) is 19.2 Å². The van der Waals surface area contributed by atoms with Gasteiger partial charge in [0.1, 0.15) is 6.54 Å². The second kappa shape index (κ2) is 9.03. The van der Waals surface area contributed by atoms with Crippen LogP contribution in [0.1, 0.15) is 56.5 Å². The maximum Gasteiger partial charge on any atom is 0.340 e. The standard InChI is InChI=1S/C19H22N2O7/c1-5-26-19(25)15-10(2)16(21-11(15)3)17(23)12(4)28-14(22)9-20-18(24)13-7-6-8-27-13/h6-8,12,21H,5,9H2,1-4H3,(H,20,24)/t12-/m1/s1. The van der Waals surface area contributed by atoms with Gasteiger partial charge in [-0.15, -0.1) is 0 Å². The lowest BCUT2D eigenvalue weighted by molar-refractivity contribution is -0.145. The van der Waals surface area contributed by atoms with Gasteiger partial charge in [-0.1, -0.05) is 0 Å². The van der Waals surface area contributed by atoms with Crippen LogP contribution in [0.4, 0.5) is 0 Å². The molecule has 0 aliphatic carbocycles. The Morgan fingerprint density at radius 1 is 1.25 bits per heavy atom. The van der Waals surface area contributed by atoms with Crippen LogP contribution in [0.3, 0.4) is 0 Å². The number of aromatic nitrogens is 1. The molecule has 0 unspecified atom stereocenters. The molecule has 9 heteroatoms. The molecule has 1 amide bonds. The van der Waals surface area contributed by atoms with Crippen LogP contribution in [-0.2, 0) is 14.3 Å². The molecule has 9 nitrogen and oxygen atoms in total. The van der Waals surface area contributed by atoms with Crippen LogP contribution in [0.2, 0.25) is 0 Å². The number of hydrogen-bond acceptors (Lipinski definition) is 7. The van der Waals surface area contributed by atoms with E-state index in [1.54, 1.807) is 26.8 Å². The van der Waals surface area contributed by atoms with Crippen LogP contribution >= 0.6 is 0 Å². The number of nitrogens with one attached hydrogen (secondary N) is 2. The van der Waals surface area contributed by atoms with Crippen LogP contribution in [0.5, 0.6) is 0 Å². The summed E-state index contributed by atoms with van der Waals surface area (Å²) >= 11 is 0. The second-order valence-corrected chi connectivity index (χ2v) is 6.00. The Bertz CT molecular complexity index is 880. The average Bonchev–Trinajstić information content (AvgIpc) is 3.27. The fraction of sp³-hybridized carbons (Fsp3) is 0.368. The number of hydrogen-bond donors (Lipinski definition) is 2. The van der Waals surface area contributed by atoms with E-state index in [-0.39, 0.29) is 23.6 Å². The van der Waals surface area contributed by atoms with Gasteiger partial charge in [-0.3, -0.25) is 14.4 Å². The Balaban J connectivity index is 1.98. The highest BCUT2D eigenvalue weighted by molar-refractivity contribution is 6.04. The van der Waals surface area contributed by atoms with E-state index in [4.69, 9.17) is 13.9 Å². The molecule has 0 spiro atoms. The van der Waals surface area contributed by atoms with Crippen molar-refractivity contribution in [3.05, 3.63) is 46.7 Å².